The Bertz CT molecular complexity index is 21.2. The molecule has 0 aliphatic heterocycles. The Balaban J connectivity index is 2.63. The van der Waals surface area contributed by atoms with Crippen molar-refractivity contribution in [1.29, 1.82) is 0 Å². The lowest BCUT2D eigenvalue weighted by Crippen LogP contribution is -1.81. The average molecular weight is 85.2 g/mol. The monoisotopic (exact) mass is 85.1 g/mol. The molecule has 0 heteroatoms. The van der Waals surface area contributed by atoms with Gasteiger partial charge in [-0.1, -0.05) is 20.3 Å². The van der Waals surface area contributed by atoms with Crippen molar-refractivity contribution in [2.75, 3.05) is 0 Å². The predicted octanol–water partition coefficient (Wildman–Crippen LogP) is 2.26. The lowest BCUT2D eigenvalue weighted by Gasteiger charge is -2.00. The van der Waals surface area contributed by atoms with E-state index in [4.69, 9.17) is 0 Å². The van der Waals surface area contributed by atoms with E-state index in [0.717, 1.165) is 12.3 Å². The molecule has 0 aliphatic carbocycles. The summed E-state index contributed by atoms with van der Waals surface area (Å²) in [5.74, 6) is 0.836. The first-order valence-corrected chi connectivity index (χ1v) is 2.56. The van der Waals surface area contributed by atoms with Crippen molar-refractivity contribution in [2.24, 2.45) is 5.92 Å². The molecule has 38 valence electrons. The van der Waals surface area contributed by atoms with Crippen molar-refractivity contribution in [3.8, 4) is 0 Å². The Labute approximate surface area is 40.6 Å². The van der Waals surface area contributed by atoms with Crippen molar-refractivity contribution in [3.63, 3.8) is 0 Å². The molecule has 0 aromatic rings. The van der Waals surface area contributed by atoms with Crippen LogP contribution in [0, 0.1) is 12.8 Å². The zero-order valence-electron chi connectivity index (χ0n) is 4.70. The Morgan fingerprint density at radius 2 is 2.00 bits per heavy atom. The fraction of sp³-hybridized carbons (Fsp3) is 0.833. The molecule has 0 spiro atoms. The molecule has 0 aromatic heterocycles. The van der Waals surface area contributed by atoms with Gasteiger partial charge in [0.15, 0.2) is 0 Å². The van der Waals surface area contributed by atoms with E-state index in [1.807, 2.05) is 0 Å². The molecule has 0 aliphatic rings. The molecule has 0 atom stereocenters. The predicted molar refractivity (Wildman–Crippen MR) is 29.4 cm³/mol. The molecule has 0 radical (unpaired) electrons. The maximum absolute atomic E-state index is 3.73. The van der Waals surface area contributed by atoms with Crippen molar-refractivity contribution in [3.05, 3.63) is 6.92 Å². The SMILES string of the molecule is [CH2-]CCC(C)C. The molecule has 0 saturated heterocycles. The van der Waals surface area contributed by atoms with E-state index < -0.39 is 0 Å². The third-order valence-electron chi connectivity index (χ3n) is 0.781. The summed E-state index contributed by atoms with van der Waals surface area (Å²) in [7, 11) is 0. The molecule has 0 aromatic carbocycles. The van der Waals surface area contributed by atoms with Gasteiger partial charge in [0, 0.05) is 0 Å². The van der Waals surface area contributed by atoms with Crippen LogP contribution in [0.25, 0.3) is 0 Å². The van der Waals surface area contributed by atoms with E-state index in [1.165, 1.54) is 6.42 Å². The van der Waals surface area contributed by atoms with Crippen LogP contribution in [0.4, 0.5) is 0 Å². The fourth-order valence-corrected chi connectivity index (χ4v) is 0.408. The van der Waals surface area contributed by atoms with Crippen molar-refractivity contribution < 1.29 is 0 Å². The summed E-state index contributed by atoms with van der Waals surface area (Å²) in [6, 6.07) is 0. The molecule has 0 fully saturated rings. The van der Waals surface area contributed by atoms with Crippen LogP contribution in [-0.4, -0.2) is 0 Å². The normalized spacial score (nSPS) is 10.0. The molecular formula is C6H13-. The van der Waals surface area contributed by atoms with E-state index in [2.05, 4.69) is 20.8 Å². The van der Waals surface area contributed by atoms with Crippen LogP contribution in [0.15, 0.2) is 0 Å². The van der Waals surface area contributed by atoms with Crippen LogP contribution in [0.1, 0.15) is 26.7 Å². The zero-order chi connectivity index (χ0) is 4.99. The third-order valence-corrected chi connectivity index (χ3v) is 0.781. The van der Waals surface area contributed by atoms with Gasteiger partial charge in [0.05, 0.1) is 0 Å². The summed E-state index contributed by atoms with van der Waals surface area (Å²) in [5, 5.41) is 0. The summed E-state index contributed by atoms with van der Waals surface area (Å²) < 4.78 is 0. The van der Waals surface area contributed by atoms with Gasteiger partial charge in [0.25, 0.3) is 0 Å². The molecule has 0 N–H and O–H groups in total. The minimum absolute atomic E-state index is 0.836. The van der Waals surface area contributed by atoms with E-state index >= 15 is 0 Å². The van der Waals surface area contributed by atoms with Crippen molar-refractivity contribution in [2.45, 2.75) is 26.7 Å². The highest BCUT2D eigenvalue weighted by Gasteiger charge is 1.82. The lowest BCUT2D eigenvalue weighted by molar-refractivity contribution is 0.593. The fourth-order valence-electron chi connectivity index (χ4n) is 0.408. The first kappa shape index (κ1) is 6.00. The second-order valence-corrected chi connectivity index (χ2v) is 2.04. The zero-order valence-corrected chi connectivity index (χ0v) is 4.70. The summed E-state index contributed by atoms with van der Waals surface area (Å²) in [6.45, 7) is 8.15. The first-order valence-electron chi connectivity index (χ1n) is 2.56. The Morgan fingerprint density at radius 1 is 1.50 bits per heavy atom. The first-order chi connectivity index (χ1) is 2.77. The summed E-state index contributed by atoms with van der Waals surface area (Å²) in [5.41, 5.74) is 0. The Kier molecular flexibility index (Phi) is 3.20. The summed E-state index contributed by atoms with van der Waals surface area (Å²) in [4.78, 5) is 0. The van der Waals surface area contributed by atoms with Gasteiger partial charge < -0.3 is 6.92 Å². The van der Waals surface area contributed by atoms with Crippen LogP contribution in [-0.2, 0) is 0 Å². The van der Waals surface area contributed by atoms with Gasteiger partial charge in [0.1, 0.15) is 0 Å². The smallest absolute Gasteiger partial charge is 0.0496 e. The highest BCUT2D eigenvalue weighted by atomic mass is 13.9. The maximum Gasteiger partial charge on any atom is -0.0496 e. The summed E-state index contributed by atoms with van der Waals surface area (Å²) in [6.07, 6.45) is 2.34. The minimum Gasteiger partial charge on any atom is -0.343 e. The van der Waals surface area contributed by atoms with Crippen LogP contribution in [0.2, 0.25) is 0 Å². The quantitative estimate of drug-likeness (QED) is 0.451. The largest absolute Gasteiger partial charge is 0.343 e. The van der Waals surface area contributed by atoms with Gasteiger partial charge in [-0.15, -0.1) is 0 Å². The molecule has 0 nitrogen and oxygen atoms in total. The standard InChI is InChI=1S/C6H13/c1-4-5-6(2)3/h6H,1,4-5H2,2-3H3/q-1. The minimum atomic E-state index is 0.836. The van der Waals surface area contributed by atoms with Crippen LogP contribution in [0.5, 0.6) is 0 Å². The van der Waals surface area contributed by atoms with Gasteiger partial charge >= 0.3 is 0 Å². The van der Waals surface area contributed by atoms with Gasteiger partial charge in [-0.3, -0.25) is 0 Å². The van der Waals surface area contributed by atoms with Crippen LogP contribution in [0.3, 0.4) is 0 Å². The molecule has 0 saturated carbocycles. The molecular weight excluding hydrogens is 72.1 g/mol. The van der Waals surface area contributed by atoms with E-state index in [9.17, 15) is 0 Å². The molecule has 0 amide bonds. The Morgan fingerprint density at radius 3 is 2.00 bits per heavy atom. The average Bonchev–Trinajstić information content (AvgIpc) is 1.35. The highest BCUT2D eigenvalue weighted by molar-refractivity contribution is 4.44. The van der Waals surface area contributed by atoms with Crippen molar-refractivity contribution >= 4 is 0 Å². The van der Waals surface area contributed by atoms with Crippen LogP contribution >= 0.6 is 0 Å². The molecule has 0 bridgehead atoms. The molecule has 0 heterocycles. The number of hydrogen-bond donors (Lipinski definition) is 0. The van der Waals surface area contributed by atoms with E-state index in [-0.39, 0.29) is 0 Å². The third kappa shape index (κ3) is 4.00. The van der Waals surface area contributed by atoms with Crippen molar-refractivity contribution in [1.82, 2.24) is 0 Å². The van der Waals surface area contributed by atoms with E-state index in [1.54, 1.807) is 0 Å². The van der Waals surface area contributed by atoms with Gasteiger partial charge in [0.2, 0.25) is 0 Å². The second kappa shape index (κ2) is 3.20. The summed E-state index contributed by atoms with van der Waals surface area (Å²) >= 11 is 0. The Hall–Kier alpha value is 0. The molecule has 0 rings (SSSR count). The maximum atomic E-state index is 3.73. The van der Waals surface area contributed by atoms with Gasteiger partial charge in [-0.2, -0.15) is 6.42 Å². The van der Waals surface area contributed by atoms with E-state index in [0.29, 0.717) is 0 Å². The second-order valence-electron chi connectivity index (χ2n) is 2.04. The molecule has 6 heavy (non-hydrogen) atoms. The van der Waals surface area contributed by atoms with Gasteiger partial charge in [-0.25, -0.2) is 0 Å². The van der Waals surface area contributed by atoms with Crippen LogP contribution < -0.4 is 0 Å². The number of rotatable bonds is 2. The highest BCUT2D eigenvalue weighted by Crippen LogP contribution is 2.00. The molecule has 0 unspecified atom stereocenters. The topological polar surface area (TPSA) is 0 Å². The lowest BCUT2D eigenvalue weighted by atomic mass is 10.1. The number of hydrogen-bond acceptors (Lipinski definition) is 0. The van der Waals surface area contributed by atoms with Gasteiger partial charge in [-0.05, 0) is 5.92 Å².